The number of hydrogen-bond donors (Lipinski definition) is 2. The highest BCUT2D eigenvalue weighted by atomic mass is 35.5. The summed E-state index contributed by atoms with van der Waals surface area (Å²) in [4.78, 5) is 27.6. The summed E-state index contributed by atoms with van der Waals surface area (Å²) in [6, 6.07) is 5.69. The highest BCUT2D eigenvalue weighted by Gasteiger charge is 2.36. The van der Waals surface area contributed by atoms with Crippen LogP contribution in [0.4, 0.5) is 23.2 Å². The Hall–Kier alpha value is -3.27. The molecule has 2 aromatic heterocycles. The molecular formula is C19H13ClF4N4O2. The van der Waals surface area contributed by atoms with E-state index in [2.05, 4.69) is 20.5 Å². The van der Waals surface area contributed by atoms with E-state index < -0.39 is 34.2 Å². The normalized spacial score (nSPS) is 11.4. The van der Waals surface area contributed by atoms with Crippen LogP contribution in [-0.2, 0) is 12.6 Å². The van der Waals surface area contributed by atoms with Crippen molar-refractivity contribution in [2.45, 2.75) is 19.5 Å². The molecule has 0 spiro atoms. The molecule has 3 rings (SSSR count). The molecule has 3 aromatic rings. The van der Waals surface area contributed by atoms with E-state index >= 15 is 0 Å². The molecule has 0 fully saturated rings. The van der Waals surface area contributed by atoms with Crippen molar-refractivity contribution < 1.29 is 22.4 Å². The molecule has 0 saturated heterocycles. The van der Waals surface area contributed by atoms with Crippen molar-refractivity contribution in [2.75, 3.05) is 5.32 Å². The van der Waals surface area contributed by atoms with Crippen LogP contribution in [0.25, 0.3) is 0 Å². The lowest BCUT2D eigenvalue weighted by molar-refractivity contribution is -0.141. The first-order valence-corrected chi connectivity index (χ1v) is 8.80. The lowest BCUT2D eigenvalue weighted by Crippen LogP contribution is -2.20. The predicted octanol–water partition coefficient (Wildman–Crippen LogP) is 4.13. The average molecular weight is 441 g/mol. The minimum absolute atomic E-state index is 0.0312. The topological polar surface area (TPSA) is 87.7 Å². The maximum absolute atomic E-state index is 13.4. The SMILES string of the molecule is Cc1cc(F)ccc1Cc1nc(C(F)(F)F)c(Cl)cc1C(=O)Nc1cn[nH]c(=O)c1. The smallest absolute Gasteiger partial charge is 0.320 e. The Morgan fingerprint density at radius 2 is 1.97 bits per heavy atom. The van der Waals surface area contributed by atoms with E-state index in [1.165, 1.54) is 12.1 Å². The summed E-state index contributed by atoms with van der Waals surface area (Å²) in [5.41, 5.74) is -1.37. The van der Waals surface area contributed by atoms with Crippen LogP contribution in [-0.4, -0.2) is 21.1 Å². The monoisotopic (exact) mass is 440 g/mol. The molecule has 0 bridgehead atoms. The summed E-state index contributed by atoms with van der Waals surface area (Å²) < 4.78 is 53.2. The van der Waals surface area contributed by atoms with Crippen molar-refractivity contribution in [3.63, 3.8) is 0 Å². The number of alkyl halides is 3. The zero-order valence-corrected chi connectivity index (χ0v) is 16.0. The first-order chi connectivity index (χ1) is 14.0. The molecule has 6 nitrogen and oxygen atoms in total. The third kappa shape index (κ3) is 4.82. The van der Waals surface area contributed by atoms with Gasteiger partial charge in [-0.25, -0.2) is 14.5 Å². The summed E-state index contributed by atoms with van der Waals surface area (Å²) in [7, 11) is 0. The van der Waals surface area contributed by atoms with Gasteiger partial charge in [-0.05, 0) is 36.2 Å². The van der Waals surface area contributed by atoms with Crippen molar-refractivity contribution in [3.05, 3.63) is 85.8 Å². The summed E-state index contributed by atoms with van der Waals surface area (Å²) in [6.45, 7) is 1.58. The van der Waals surface area contributed by atoms with Gasteiger partial charge in [0.15, 0.2) is 5.69 Å². The highest BCUT2D eigenvalue weighted by Crippen LogP contribution is 2.35. The van der Waals surface area contributed by atoms with Crippen LogP contribution in [0.2, 0.25) is 5.02 Å². The number of H-pyrrole nitrogens is 1. The molecule has 0 saturated carbocycles. The van der Waals surface area contributed by atoms with Gasteiger partial charge in [-0.15, -0.1) is 0 Å². The lowest BCUT2D eigenvalue weighted by Gasteiger charge is -2.15. The van der Waals surface area contributed by atoms with Crippen molar-refractivity contribution in [1.82, 2.24) is 15.2 Å². The molecule has 0 aliphatic carbocycles. The Bertz CT molecular complexity index is 1180. The molecule has 1 amide bonds. The fourth-order valence-electron chi connectivity index (χ4n) is 2.74. The summed E-state index contributed by atoms with van der Waals surface area (Å²) in [6.07, 6.45) is -3.86. The third-order valence-electron chi connectivity index (χ3n) is 4.15. The Labute approximate surface area is 171 Å². The quantitative estimate of drug-likeness (QED) is 0.597. The first-order valence-electron chi connectivity index (χ1n) is 8.42. The number of carbonyl (C=O) groups is 1. The number of nitrogens with zero attached hydrogens (tertiary/aromatic N) is 2. The van der Waals surface area contributed by atoms with Crippen LogP contribution in [0, 0.1) is 12.7 Å². The maximum atomic E-state index is 13.4. The minimum Gasteiger partial charge on any atom is -0.320 e. The zero-order chi connectivity index (χ0) is 22.1. The number of amides is 1. The van der Waals surface area contributed by atoms with Gasteiger partial charge in [-0.2, -0.15) is 18.3 Å². The van der Waals surface area contributed by atoms with Crippen molar-refractivity contribution in [3.8, 4) is 0 Å². The molecule has 0 radical (unpaired) electrons. The standard InChI is InChI=1S/C19H13ClF4N4O2/c1-9-4-11(21)3-2-10(9)5-15-13(7-14(20)17(27-15)19(22,23)24)18(30)26-12-6-16(29)28-25-8-12/h2-4,6-8H,5H2,1H3,(H2,26,28,29,30). The lowest BCUT2D eigenvalue weighted by atomic mass is 10.00. The number of pyridine rings is 1. The second-order valence-corrected chi connectivity index (χ2v) is 6.75. The first kappa shape index (κ1) is 21.4. The predicted molar refractivity (Wildman–Crippen MR) is 101 cm³/mol. The Balaban J connectivity index is 2.07. The van der Waals surface area contributed by atoms with E-state index in [1.54, 1.807) is 6.92 Å². The van der Waals surface area contributed by atoms with Crippen LogP contribution in [0.1, 0.15) is 32.9 Å². The van der Waals surface area contributed by atoms with Crippen LogP contribution >= 0.6 is 11.6 Å². The molecule has 0 atom stereocenters. The van der Waals surface area contributed by atoms with Gasteiger partial charge in [0, 0.05) is 12.5 Å². The van der Waals surface area contributed by atoms with Gasteiger partial charge in [-0.3, -0.25) is 9.59 Å². The fourth-order valence-corrected chi connectivity index (χ4v) is 3.00. The molecule has 11 heteroatoms. The second-order valence-electron chi connectivity index (χ2n) is 6.35. The minimum atomic E-state index is -4.84. The number of aryl methyl sites for hydroxylation is 1. The summed E-state index contributed by atoms with van der Waals surface area (Å²) in [5, 5.41) is 7.27. The largest absolute Gasteiger partial charge is 0.434 e. The molecule has 1 aromatic carbocycles. The molecular weight excluding hydrogens is 428 g/mol. The maximum Gasteiger partial charge on any atom is 0.434 e. The van der Waals surface area contributed by atoms with Gasteiger partial charge in [0.25, 0.3) is 11.5 Å². The van der Waals surface area contributed by atoms with Gasteiger partial charge in [0.05, 0.1) is 28.2 Å². The number of aromatic nitrogens is 3. The van der Waals surface area contributed by atoms with Gasteiger partial charge in [-0.1, -0.05) is 17.7 Å². The van der Waals surface area contributed by atoms with Gasteiger partial charge >= 0.3 is 6.18 Å². The molecule has 0 aliphatic heterocycles. The van der Waals surface area contributed by atoms with E-state index in [1.807, 2.05) is 0 Å². The zero-order valence-electron chi connectivity index (χ0n) is 15.3. The number of benzene rings is 1. The summed E-state index contributed by atoms with van der Waals surface area (Å²) >= 11 is 5.73. The van der Waals surface area contributed by atoms with Crippen LogP contribution in [0.5, 0.6) is 0 Å². The summed E-state index contributed by atoms with van der Waals surface area (Å²) in [5.74, 6) is -1.34. The van der Waals surface area contributed by atoms with E-state index in [4.69, 9.17) is 11.6 Å². The third-order valence-corrected chi connectivity index (χ3v) is 4.44. The van der Waals surface area contributed by atoms with Crippen molar-refractivity contribution in [2.24, 2.45) is 0 Å². The fraction of sp³-hybridized carbons (Fsp3) is 0.158. The molecule has 2 heterocycles. The average Bonchev–Trinajstić information content (AvgIpc) is 2.64. The Kier molecular flexibility index (Phi) is 5.88. The van der Waals surface area contributed by atoms with E-state index in [0.717, 1.165) is 24.4 Å². The number of anilines is 1. The van der Waals surface area contributed by atoms with E-state index in [9.17, 15) is 27.2 Å². The van der Waals surface area contributed by atoms with Crippen LogP contribution < -0.4 is 10.9 Å². The van der Waals surface area contributed by atoms with Gasteiger partial charge < -0.3 is 5.32 Å². The highest BCUT2D eigenvalue weighted by molar-refractivity contribution is 6.31. The van der Waals surface area contributed by atoms with E-state index in [-0.39, 0.29) is 23.4 Å². The molecule has 30 heavy (non-hydrogen) atoms. The van der Waals surface area contributed by atoms with Crippen LogP contribution in [0.3, 0.4) is 0 Å². The Morgan fingerprint density at radius 3 is 2.60 bits per heavy atom. The number of aromatic amines is 1. The van der Waals surface area contributed by atoms with Gasteiger partial charge in [0.2, 0.25) is 0 Å². The number of halogens is 5. The molecule has 156 valence electrons. The molecule has 0 unspecified atom stereocenters. The van der Waals surface area contributed by atoms with Gasteiger partial charge in [0.1, 0.15) is 5.82 Å². The number of rotatable bonds is 4. The van der Waals surface area contributed by atoms with Crippen molar-refractivity contribution >= 4 is 23.2 Å². The van der Waals surface area contributed by atoms with E-state index in [0.29, 0.717) is 11.1 Å². The molecule has 0 aliphatic rings. The van der Waals surface area contributed by atoms with Crippen LogP contribution in [0.15, 0.2) is 41.3 Å². The molecule has 2 N–H and O–H groups in total. The Morgan fingerprint density at radius 1 is 1.23 bits per heavy atom. The number of hydrogen-bond acceptors (Lipinski definition) is 4. The number of carbonyl (C=O) groups excluding carboxylic acids is 1. The second kappa shape index (κ2) is 8.23. The van der Waals surface area contributed by atoms with Crippen molar-refractivity contribution in [1.29, 1.82) is 0 Å². The number of nitrogens with one attached hydrogen (secondary N) is 2.